The number of hydrogen-bond acceptors (Lipinski definition) is 2. The molecule has 0 N–H and O–H groups in total. The van der Waals surface area contributed by atoms with E-state index in [0.717, 1.165) is 0 Å². The molecule has 0 spiro atoms. The average Bonchev–Trinajstić information content (AvgIpc) is 1.38. The Morgan fingerprint density at radius 1 is 2.00 bits per heavy atom. The van der Waals surface area contributed by atoms with E-state index in [0.29, 0.717) is 0 Å². The van der Waals surface area contributed by atoms with Gasteiger partial charge in [0.25, 0.3) is 0 Å². The summed E-state index contributed by atoms with van der Waals surface area (Å²) in [6.45, 7) is 0. The quantitative estimate of drug-likeness (QED) is 0.477. The third kappa shape index (κ3) is 4.68. The van der Waals surface area contributed by atoms with Gasteiger partial charge in [0.15, 0.2) is 0 Å². The van der Waals surface area contributed by atoms with Crippen LogP contribution in [-0.4, -0.2) is 31.6 Å². The second-order valence-electron chi connectivity index (χ2n) is 0.355. The summed E-state index contributed by atoms with van der Waals surface area (Å²) in [6.07, 6.45) is 0. The van der Waals surface area contributed by atoms with E-state index in [4.69, 9.17) is 0 Å². The summed E-state index contributed by atoms with van der Waals surface area (Å²) >= 11 is 4.87. The fourth-order valence-electron chi connectivity index (χ4n) is 0. The fourth-order valence-corrected chi connectivity index (χ4v) is 0. The molecule has 5 heavy (non-hydrogen) atoms. The van der Waals surface area contributed by atoms with Gasteiger partial charge in [-0.05, 0) is 0 Å². The molecule has 2 nitrogen and oxygen atoms in total. The minimum absolute atomic E-state index is 0.227. The first-order chi connectivity index (χ1) is 2.27. The van der Waals surface area contributed by atoms with Gasteiger partial charge >= 0.3 is 50.7 Å². The van der Waals surface area contributed by atoms with Crippen molar-refractivity contribution in [1.29, 1.82) is 0 Å². The van der Waals surface area contributed by atoms with Crippen molar-refractivity contribution in [2.45, 2.75) is 0 Å². The first-order valence-electron chi connectivity index (χ1n) is 0.833. The van der Waals surface area contributed by atoms with Crippen LogP contribution in [0.15, 0.2) is 0 Å². The van der Waals surface area contributed by atoms with Crippen molar-refractivity contribution >= 4 is 43.2 Å². The molecule has 0 amide bonds. The Morgan fingerprint density at radius 3 is 2.20 bits per heavy atom. The second-order valence-corrected chi connectivity index (χ2v) is 1.58. The maximum atomic E-state index is 9.40. The molecule has 0 aliphatic carbocycles. The molecule has 0 saturated heterocycles. The molecular formula is CClO2Tl. The third-order valence-corrected chi connectivity index (χ3v) is 1.59. The number of halogens is 1. The van der Waals surface area contributed by atoms with Crippen molar-refractivity contribution in [1.82, 2.24) is 0 Å². The van der Waals surface area contributed by atoms with E-state index in [1.807, 2.05) is 0 Å². The van der Waals surface area contributed by atoms with Gasteiger partial charge in [0.2, 0.25) is 0 Å². The molecule has 0 radical (unpaired) electrons. The van der Waals surface area contributed by atoms with Crippen LogP contribution in [0.4, 0.5) is 4.79 Å². The topological polar surface area (TPSA) is 26.3 Å². The van der Waals surface area contributed by atoms with Crippen LogP contribution in [0.5, 0.6) is 0 Å². The zero-order valence-electron chi connectivity index (χ0n) is 2.27. The minimum atomic E-state index is -0.699. The summed E-state index contributed by atoms with van der Waals surface area (Å²) in [7, 11) is 0. The van der Waals surface area contributed by atoms with E-state index in [9.17, 15) is 4.79 Å². The van der Waals surface area contributed by atoms with Crippen LogP contribution in [-0.2, 0) is 2.69 Å². The van der Waals surface area contributed by atoms with Gasteiger partial charge < -0.3 is 0 Å². The summed E-state index contributed by atoms with van der Waals surface area (Å²) in [5, 5.41) is 0. The van der Waals surface area contributed by atoms with Crippen LogP contribution < -0.4 is 0 Å². The van der Waals surface area contributed by atoms with Gasteiger partial charge in [-0.3, -0.25) is 0 Å². The van der Waals surface area contributed by atoms with Crippen LogP contribution in [0, 0.1) is 0 Å². The molecule has 0 unspecified atom stereocenters. The number of carbonyl (C=O) groups excluding carboxylic acids is 1. The average molecular weight is 284 g/mol. The number of rotatable bonds is 0. The molecule has 0 aromatic carbocycles. The Hall–Kier alpha value is 0.682. The van der Waals surface area contributed by atoms with E-state index in [-0.39, 0.29) is 26.2 Å². The van der Waals surface area contributed by atoms with Gasteiger partial charge in [-0.1, -0.05) is 0 Å². The molecular weight excluding hydrogens is 284 g/mol. The molecule has 0 aliphatic rings. The Labute approximate surface area is 50.8 Å². The van der Waals surface area contributed by atoms with Crippen LogP contribution in [0.3, 0.4) is 0 Å². The fraction of sp³-hybridized carbons (Fsp3) is 0. The second kappa shape index (κ2) is 2.90. The predicted molar refractivity (Wildman–Crippen MR) is 18.1 cm³/mol. The summed E-state index contributed by atoms with van der Waals surface area (Å²) in [5.41, 5.74) is -0.699. The van der Waals surface area contributed by atoms with E-state index in [1.54, 1.807) is 0 Å². The third-order valence-electron chi connectivity index (χ3n) is 0.0927. The molecule has 0 bridgehead atoms. The van der Waals surface area contributed by atoms with Crippen molar-refractivity contribution in [3.05, 3.63) is 0 Å². The SMILES string of the molecule is O=C(Cl)[O][Tl]. The molecule has 0 aliphatic heterocycles. The molecule has 26 valence electrons. The molecule has 0 aromatic rings. The van der Waals surface area contributed by atoms with Gasteiger partial charge in [0.1, 0.15) is 0 Å². The van der Waals surface area contributed by atoms with Crippen LogP contribution in [0.25, 0.3) is 0 Å². The van der Waals surface area contributed by atoms with E-state index < -0.39 is 5.43 Å². The van der Waals surface area contributed by atoms with E-state index >= 15 is 0 Å². The van der Waals surface area contributed by atoms with E-state index in [1.165, 1.54) is 0 Å². The van der Waals surface area contributed by atoms with Gasteiger partial charge in [-0.2, -0.15) is 0 Å². The molecule has 0 atom stereocenters. The van der Waals surface area contributed by atoms with Gasteiger partial charge in [-0.15, -0.1) is 0 Å². The summed E-state index contributed by atoms with van der Waals surface area (Å²) in [5.74, 6) is 0. The number of carbonyl (C=O) groups is 1. The first-order valence-corrected chi connectivity index (χ1v) is 3.04. The van der Waals surface area contributed by atoms with Crippen LogP contribution in [0.2, 0.25) is 0 Å². The standard InChI is InChI=1S/CHClO2.Tl/c2-1(3)4;/h(H,3,4);/q;+1/p-1. The van der Waals surface area contributed by atoms with Crippen molar-refractivity contribution in [2.75, 3.05) is 0 Å². The van der Waals surface area contributed by atoms with E-state index in [2.05, 4.69) is 14.3 Å². The number of hydrogen-bond donors (Lipinski definition) is 0. The van der Waals surface area contributed by atoms with Gasteiger partial charge in [0.05, 0.1) is 0 Å². The first kappa shape index (κ1) is 5.68. The van der Waals surface area contributed by atoms with Crippen molar-refractivity contribution in [3.63, 3.8) is 0 Å². The van der Waals surface area contributed by atoms with Crippen LogP contribution in [0.1, 0.15) is 0 Å². The maximum absolute atomic E-state index is 9.40. The summed E-state index contributed by atoms with van der Waals surface area (Å²) < 4.78 is 4.04. The monoisotopic (exact) mass is 284 g/mol. The Bertz CT molecular complexity index is 44.9. The molecule has 0 heterocycles. The normalized spacial score (nSPS) is 6.40. The summed E-state index contributed by atoms with van der Waals surface area (Å²) in [6, 6.07) is 0. The van der Waals surface area contributed by atoms with Crippen LogP contribution >= 0.6 is 11.6 Å². The molecule has 0 saturated carbocycles. The van der Waals surface area contributed by atoms with Crippen molar-refractivity contribution in [3.8, 4) is 0 Å². The summed E-state index contributed by atoms with van der Waals surface area (Å²) in [4.78, 5) is 9.40. The Morgan fingerprint density at radius 2 is 2.20 bits per heavy atom. The zero-order valence-corrected chi connectivity index (χ0v) is 7.52. The van der Waals surface area contributed by atoms with Gasteiger partial charge in [-0.25, -0.2) is 0 Å². The van der Waals surface area contributed by atoms with Gasteiger partial charge in [0, 0.05) is 0 Å². The molecule has 0 rings (SSSR count). The van der Waals surface area contributed by atoms with Crippen molar-refractivity contribution < 1.29 is 7.48 Å². The van der Waals surface area contributed by atoms with Crippen molar-refractivity contribution in [2.24, 2.45) is 0 Å². The Kier molecular flexibility index (Phi) is 3.29. The zero-order chi connectivity index (χ0) is 4.28. The molecule has 4 heteroatoms. The molecule has 0 aromatic heterocycles. The molecule has 0 fully saturated rings. The predicted octanol–water partition coefficient (Wildman–Crippen LogP) is 0.445. The Balaban J connectivity index is 2.85.